The van der Waals surface area contributed by atoms with Gasteiger partial charge in [-0.3, -0.25) is 19.7 Å². The van der Waals surface area contributed by atoms with Gasteiger partial charge in [-0.05, 0) is 12.1 Å². The van der Waals surface area contributed by atoms with Crippen molar-refractivity contribution in [2.24, 2.45) is 0 Å². The predicted molar refractivity (Wildman–Crippen MR) is 60.3 cm³/mol. The third-order valence-corrected chi connectivity index (χ3v) is 2.27. The first-order valence-corrected chi connectivity index (χ1v) is 5.16. The molecule has 0 radical (unpaired) electrons. The van der Waals surface area contributed by atoms with E-state index >= 15 is 0 Å². The highest BCUT2D eigenvalue weighted by Crippen LogP contribution is 2.14. The summed E-state index contributed by atoms with van der Waals surface area (Å²) in [6.07, 6.45) is 6.43. The number of halogens is 1. The fraction of sp³-hybridized carbons (Fsp3) is 0.0909. The Bertz CT molecular complexity index is 484. The molecule has 2 aromatic rings. The molecule has 0 aliphatic rings. The fourth-order valence-electron chi connectivity index (χ4n) is 1.23. The van der Waals surface area contributed by atoms with E-state index in [-0.39, 0.29) is 11.7 Å². The van der Waals surface area contributed by atoms with Crippen molar-refractivity contribution in [2.75, 3.05) is 5.88 Å². The van der Waals surface area contributed by atoms with Crippen LogP contribution in [-0.2, 0) is 0 Å². The van der Waals surface area contributed by atoms with Gasteiger partial charge in [0.1, 0.15) is 5.69 Å². The minimum Gasteiger partial charge on any atom is -0.291 e. The molecular weight excluding hydrogens is 226 g/mol. The molecule has 0 bridgehead atoms. The number of aromatic nitrogens is 3. The van der Waals surface area contributed by atoms with Crippen LogP contribution in [0.5, 0.6) is 0 Å². The maximum atomic E-state index is 11.2. The number of rotatable bonds is 3. The van der Waals surface area contributed by atoms with Crippen molar-refractivity contribution in [1.29, 1.82) is 0 Å². The van der Waals surface area contributed by atoms with Crippen molar-refractivity contribution in [2.45, 2.75) is 0 Å². The summed E-state index contributed by atoms with van der Waals surface area (Å²) >= 11 is 5.43. The molecule has 0 atom stereocenters. The third-order valence-electron chi connectivity index (χ3n) is 2.03. The molecule has 0 saturated heterocycles. The maximum Gasteiger partial charge on any atom is 0.195 e. The van der Waals surface area contributed by atoms with Gasteiger partial charge in [-0.1, -0.05) is 0 Å². The number of carbonyl (C=O) groups is 1. The zero-order chi connectivity index (χ0) is 11.4. The second kappa shape index (κ2) is 4.81. The van der Waals surface area contributed by atoms with Gasteiger partial charge in [-0.15, -0.1) is 11.6 Å². The number of carbonyl (C=O) groups excluding carboxylic acids is 1. The summed E-state index contributed by atoms with van der Waals surface area (Å²) in [7, 11) is 0. The summed E-state index contributed by atoms with van der Waals surface area (Å²) in [4.78, 5) is 23.3. The Morgan fingerprint density at radius 3 is 2.62 bits per heavy atom. The van der Waals surface area contributed by atoms with Crippen LogP contribution in [-0.4, -0.2) is 26.6 Å². The molecule has 0 aromatic carbocycles. The van der Waals surface area contributed by atoms with E-state index in [2.05, 4.69) is 15.0 Å². The number of pyridine rings is 1. The molecule has 0 fully saturated rings. The Hall–Kier alpha value is -1.81. The summed E-state index contributed by atoms with van der Waals surface area (Å²) in [5, 5.41) is 0. The maximum absolute atomic E-state index is 11.2. The predicted octanol–water partition coefficient (Wildman–Crippen LogP) is 1.96. The average molecular weight is 234 g/mol. The lowest BCUT2D eigenvalue weighted by Crippen LogP contribution is -2.02. The van der Waals surface area contributed by atoms with E-state index in [0.717, 1.165) is 11.3 Å². The molecule has 80 valence electrons. The minimum absolute atomic E-state index is 0.0580. The molecule has 2 rings (SSSR count). The molecule has 0 N–H and O–H groups in total. The van der Waals surface area contributed by atoms with Crippen LogP contribution >= 0.6 is 11.6 Å². The second-order valence-electron chi connectivity index (χ2n) is 3.08. The lowest BCUT2D eigenvalue weighted by molar-refractivity contribution is 0.101. The summed E-state index contributed by atoms with van der Waals surface area (Å²) < 4.78 is 0. The van der Waals surface area contributed by atoms with Crippen LogP contribution in [0.3, 0.4) is 0 Å². The van der Waals surface area contributed by atoms with E-state index in [1.807, 2.05) is 0 Å². The van der Waals surface area contributed by atoms with Crippen LogP contribution in [0.25, 0.3) is 11.3 Å². The van der Waals surface area contributed by atoms with Gasteiger partial charge in [0.2, 0.25) is 0 Å². The first kappa shape index (κ1) is 10.7. The van der Waals surface area contributed by atoms with E-state index in [9.17, 15) is 4.79 Å². The highest BCUT2D eigenvalue weighted by molar-refractivity contribution is 6.30. The minimum atomic E-state index is -0.188. The van der Waals surface area contributed by atoms with Gasteiger partial charge >= 0.3 is 0 Å². The molecule has 2 aromatic heterocycles. The van der Waals surface area contributed by atoms with Gasteiger partial charge in [-0.2, -0.15) is 0 Å². The number of Topliss-reactive ketones (excluding diaryl/α,β-unsaturated/α-hetero) is 1. The Morgan fingerprint density at radius 2 is 2.06 bits per heavy atom. The topological polar surface area (TPSA) is 55.7 Å². The van der Waals surface area contributed by atoms with E-state index in [1.165, 1.54) is 0 Å². The quantitative estimate of drug-likeness (QED) is 0.601. The normalized spacial score (nSPS) is 10.1. The van der Waals surface area contributed by atoms with E-state index in [4.69, 9.17) is 11.6 Å². The van der Waals surface area contributed by atoms with Crippen molar-refractivity contribution < 1.29 is 4.79 Å². The summed E-state index contributed by atoms with van der Waals surface area (Å²) in [5.74, 6) is -0.246. The van der Waals surface area contributed by atoms with Gasteiger partial charge in [-0.25, -0.2) is 0 Å². The first-order valence-electron chi connectivity index (χ1n) is 4.63. The van der Waals surface area contributed by atoms with Crippen molar-refractivity contribution >= 4 is 17.4 Å². The zero-order valence-electron chi connectivity index (χ0n) is 8.30. The van der Waals surface area contributed by atoms with Crippen LogP contribution in [0.15, 0.2) is 36.9 Å². The molecule has 16 heavy (non-hydrogen) atoms. The van der Waals surface area contributed by atoms with Crippen molar-refractivity contribution in [3.63, 3.8) is 0 Å². The zero-order valence-corrected chi connectivity index (χ0v) is 9.05. The van der Waals surface area contributed by atoms with Crippen molar-refractivity contribution in [3.05, 3.63) is 42.6 Å². The molecule has 0 unspecified atom stereocenters. The third kappa shape index (κ3) is 2.23. The molecule has 2 heterocycles. The van der Waals surface area contributed by atoms with Gasteiger partial charge in [0.05, 0.1) is 17.8 Å². The molecule has 5 heteroatoms. The molecule has 0 aliphatic heterocycles. The van der Waals surface area contributed by atoms with E-state index in [1.54, 1.807) is 36.9 Å². The highest BCUT2D eigenvalue weighted by Gasteiger charge is 2.06. The Morgan fingerprint density at radius 1 is 1.19 bits per heavy atom. The number of ketones is 1. The summed E-state index contributed by atoms with van der Waals surface area (Å²) in [6, 6.07) is 3.41. The molecule has 0 saturated carbocycles. The molecule has 0 aliphatic carbocycles. The van der Waals surface area contributed by atoms with Crippen LogP contribution in [0.1, 0.15) is 10.5 Å². The lowest BCUT2D eigenvalue weighted by Gasteiger charge is -2.00. The Kier molecular flexibility index (Phi) is 3.22. The largest absolute Gasteiger partial charge is 0.291 e. The Labute approximate surface area is 97.3 Å². The summed E-state index contributed by atoms with van der Waals surface area (Å²) in [5.41, 5.74) is 1.90. The Balaban J connectivity index is 2.30. The smallest absolute Gasteiger partial charge is 0.195 e. The van der Waals surface area contributed by atoms with Gasteiger partial charge < -0.3 is 0 Å². The van der Waals surface area contributed by atoms with Crippen LogP contribution in [0, 0.1) is 0 Å². The fourth-order valence-corrected chi connectivity index (χ4v) is 1.36. The van der Waals surface area contributed by atoms with Crippen molar-refractivity contribution in [1.82, 2.24) is 15.0 Å². The molecular formula is C11H8ClN3O. The standard InChI is InChI=1S/C11H8ClN3O/c12-5-11(16)9-2-1-8(6-15-9)10-7-13-3-4-14-10/h1-4,6-7H,5H2. The monoisotopic (exact) mass is 233 g/mol. The van der Waals surface area contributed by atoms with E-state index < -0.39 is 0 Å². The lowest BCUT2D eigenvalue weighted by atomic mass is 10.2. The van der Waals surface area contributed by atoms with Crippen LogP contribution in [0.4, 0.5) is 0 Å². The van der Waals surface area contributed by atoms with Gasteiger partial charge in [0.15, 0.2) is 5.78 Å². The SMILES string of the molecule is O=C(CCl)c1ccc(-c2cnccn2)cn1. The average Bonchev–Trinajstić information content (AvgIpc) is 2.39. The van der Waals surface area contributed by atoms with Crippen molar-refractivity contribution in [3.8, 4) is 11.3 Å². The number of nitrogens with zero attached hydrogens (tertiary/aromatic N) is 3. The van der Waals surface area contributed by atoms with Gasteiger partial charge in [0, 0.05) is 24.2 Å². The molecule has 4 nitrogen and oxygen atoms in total. The number of hydrogen-bond donors (Lipinski definition) is 0. The molecule has 0 amide bonds. The van der Waals surface area contributed by atoms with E-state index in [0.29, 0.717) is 5.69 Å². The number of alkyl halides is 1. The number of hydrogen-bond acceptors (Lipinski definition) is 4. The second-order valence-corrected chi connectivity index (χ2v) is 3.35. The van der Waals surface area contributed by atoms with Gasteiger partial charge in [0.25, 0.3) is 0 Å². The summed E-state index contributed by atoms with van der Waals surface area (Å²) in [6.45, 7) is 0. The molecule has 0 spiro atoms. The van der Waals surface area contributed by atoms with Crippen LogP contribution in [0.2, 0.25) is 0 Å². The first-order chi connectivity index (χ1) is 7.81. The van der Waals surface area contributed by atoms with Crippen LogP contribution < -0.4 is 0 Å². The highest BCUT2D eigenvalue weighted by atomic mass is 35.5.